The normalized spacial score (nSPS) is 11.6. The molecule has 6 aromatic rings. The molecule has 3 aromatic carbocycles. The molecule has 0 atom stereocenters. The minimum absolute atomic E-state index is 0.206. The molecular weight excluding hydrogens is 615 g/mol. The van der Waals surface area contributed by atoms with E-state index in [1.54, 1.807) is 40.3 Å². The number of urea groups is 1. The molecular formula is C35H35N7O2S2. The van der Waals surface area contributed by atoms with Crippen LogP contribution in [0.3, 0.4) is 0 Å². The molecule has 0 aliphatic carbocycles. The van der Waals surface area contributed by atoms with Crippen molar-refractivity contribution in [1.29, 1.82) is 0 Å². The summed E-state index contributed by atoms with van der Waals surface area (Å²) in [4.78, 5) is 15.3. The maximum Gasteiger partial charge on any atom is 0.320 e. The number of hydrogen-bond acceptors (Lipinski definition) is 7. The van der Waals surface area contributed by atoms with Crippen molar-refractivity contribution in [2.45, 2.75) is 48.8 Å². The Bertz CT molecular complexity index is 2050. The van der Waals surface area contributed by atoms with Crippen molar-refractivity contribution >= 4 is 41.0 Å². The SMILES string of the molecule is CSC(C)(C)c1cc(NC(=O)NCc2ccccc2Sc2ccc3nnc(-c4ccccc4C)n3c2)n(-c2ccc(O)c(C)c2)n1. The summed E-state index contributed by atoms with van der Waals surface area (Å²) in [6, 6.07) is 27.0. The second-order valence-corrected chi connectivity index (χ2v) is 14.0. The van der Waals surface area contributed by atoms with Gasteiger partial charge in [-0.3, -0.25) is 9.72 Å². The van der Waals surface area contributed by atoms with Crippen LogP contribution < -0.4 is 10.6 Å². The summed E-state index contributed by atoms with van der Waals surface area (Å²) in [6.45, 7) is 8.41. The molecule has 0 unspecified atom stereocenters. The summed E-state index contributed by atoms with van der Waals surface area (Å²) in [6.07, 6.45) is 4.09. The number of aromatic hydroxyl groups is 1. The molecule has 3 heterocycles. The van der Waals surface area contributed by atoms with Gasteiger partial charge in [-0.2, -0.15) is 16.9 Å². The first kappa shape index (κ1) is 31.3. The molecule has 0 radical (unpaired) electrons. The van der Waals surface area contributed by atoms with Gasteiger partial charge in [0.15, 0.2) is 11.5 Å². The molecule has 0 aliphatic heterocycles. The quantitative estimate of drug-likeness (QED) is 0.146. The molecule has 3 N–H and O–H groups in total. The largest absolute Gasteiger partial charge is 0.508 e. The predicted octanol–water partition coefficient (Wildman–Crippen LogP) is 7.98. The number of fused-ring (bicyclic) bond motifs is 1. The number of carbonyl (C=O) groups excluding carboxylic acids is 1. The fourth-order valence-electron chi connectivity index (χ4n) is 4.99. The minimum atomic E-state index is -0.348. The van der Waals surface area contributed by atoms with Crippen LogP contribution in [0, 0.1) is 13.8 Å². The molecule has 46 heavy (non-hydrogen) atoms. The number of carbonyl (C=O) groups is 1. The lowest BCUT2D eigenvalue weighted by molar-refractivity contribution is 0.251. The number of phenolic OH excluding ortho intramolecular Hbond substituents is 1. The molecule has 0 spiro atoms. The average molecular weight is 650 g/mol. The third-order valence-electron chi connectivity index (χ3n) is 7.90. The van der Waals surface area contributed by atoms with Gasteiger partial charge in [0, 0.05) is 34.2 Å². The van der Waals surface area contributed by atoms with Crippen LogP contribution in [0.1, 0.15) is 36.2 Å². The maximum atomic E-state index is 13.3. The second-order valence-electron chi connectivity index (χ2n) is 11.5. The fourth-order valence-corrected chi connectivity index (χ4v) is 6.26. The molecule has 234 valence electrons. The molecule has 9 nitrogen and oxygen atoms in total. The molecule has 3 aromatic heterocycles. The van der Waals surface area contributed by atoms with Crippen LogP contribution in [0.15, 0.2) is 101 Å². The molecule has 0 aliphatic rings. The highest BCUT2D eigenvalue weighted by molar-refractivity contribution is 7.99. The van der Waals surface area contributed by atoms with E-state index in [4.69, 9.17) is 5.10 Å². The fraction of sp³-hybridized carbons (Fsp3) is 0.200. The van der Waals surface area contributed by atoms with Gasteiger partial charge in [0.05, 0.1) is 16.1 Å². The van der Waals surface area contributed by atoms with Crippen molar-refractivity contribution in [3.8, 4) is 22.8 Å². The Labute approximate surface area is 276 Å². The first-order chi connectivity index (χ1) is 22.1. The summed E-state index contributed by atoms with van der Waals surface area (Å²) < 4.78 is 3.45. The predicted molar refractivity (Wildman–Crippen MR) is 186 cm³/mol. The van der Waals surface area contributed by atoms with E-state index in [1.807, 2.05) is 72.2 Å². The standard InChI is InChI=1S/C35H35N7O2S2/c1-22-10-6-8-12-27(22)33-39-38-31-17-15-26(21-41(31)33)46-29-13-9-7-11-24(29)20-36-34(44)37-32-19-30(35(3,4)45-5)40-42(32)25-14-16-28(43)23(2)18-25/h6-19,21,43H,20H2,1-5H3,(H2,36,37,44). The number of amides is 2. The third-order valence-corrected chi connectivity index (χ3v) is 10.2. The van der Waals surface area contributed by atoms with Gasteiger partial charge in [-0.15, -0.1) is 10.2 Å². The van der Waals surface area contributed by atoms with Crippen LogP contribution in [-0.4, -0.2) is 41.8 Å². The number of anilines is 1. The Balaban J connectivity index is 1.20. The van der Waals surface area contributed by atoms with Crippen molar-refractivity contribution in [3.05, 3.63) is 114 Å². The first-order valence-corrected chi connectivity index (χ1v) is 16.8. The molecule has 0 saturated carbocycles. The smallest absolute Gasteiger partial charge is 0.320 e. The molecule has 0 bridgehead atoms. The zero-order valence-corrected chi connectivity index (χ0v) is 27.9. The maximum absolute atomic E-state index is 13.3. The lowest BCUT2D eigenvalue weighted by atomic mass is 10.1. The van der Waals surface area contributed by atoms with Crippen molar-refractivity contribution in [2.24, 2.45) is 0 Å². The van der Waals surface area contributed by atoms with Crippen LogP contribution in [0.2, 0.25) is 0 Å². The molecule has 11 heteroatoms. The highest BCUT2D eigenvalue weighted by atomic mass is 32.2. The number of nitrogens with zero attached hydrogens (tertiary/aromatic N) is 5. The number of phenols is 1. The number of hydrogen-bond donors (Lipinski definition) is 3. The van der Waals surface area contributed by atoms with Gasteiger partial charge in [0.2, 0.25) is 0 Å². The number of aryl methyl sites for hydroxylation is 2. The van der Waals surface area contributed by atoms with Gasteiger partial charge >= 0.3 is 6.03 Å². The Kier molecular flexibility index (Phi) is 8.79. The van der Waals surface area contributed by atoms with E-state index in [0.29, 0.717) is 12.4 Å². The zero-order chi connectivity index (χ0) is 32.4. The van der Waals surface area contributed by atoms with Crippen LogP contribution in [-0.2, 0) is 11.3 Å². The molecule has 0 saturated heterocycles. The zero-order valence-electron chi connectivity index (χ0n) is 26.3. The van der Waals surface area contributed by atoms with E-state index in [-0.39, 0.29) is 16.5 Å². The van der Waals surface area contributed by atoms with Gasteiger partial charge in [-0.25, -0.2) is 9.48 Å². The van der Waals surface area contributed by atoms with Crippen molar-refractivity contribution in [1.82, 2.24) is 29.7 Å². The monoisotopic (exact) mass is 649 g/mol. The van der Waals surface area contributed by atoms with E-state index < -0.39 is 0 Å². The lowest BCUT2D eigenvalue weighted by Gasteiger charge is -2.18. The van der Waals surface area contributed by atoms with E-state index in [9.17, 15) is 9.90 Å². The van der Waals surface area contributed by atoms with Crippen molar-refractivity contribution in [3.63, 3.8) is 0 Å². The van der Waals surface area contributed by atoms with Crippen LogP contribution >= 0.6 is 23.5 Å². The summed E-state index contributed by atoms with van der Waals surface area (Å²) in [5.41, 5.74) is 6.23. The third kappa shape index (κ3) is 6.47. The number of benzene rings is 3. The van der Waals surface area contributed by atoms with Gasteiger partial charge in [-0.05, 0) is 87.0 Å². The average Bonchev–Trinajstić information content (AvgIpc) is 3.67. The van der Waals surface area contributed by atoms with E-state index in [0.717, 1.165) is 54.9 Å². The molecule has 0 fully saturated rings. The van der Waals surface area contributed by atoms with Crippen molar-refractivity contribution < 1.29 is 9.90 Å². The first-order valence-electron chi connectivity index (χ1n) is 14.8. The Hall–Kier alpha value is -4.74. The molecule has 6 rings (SSSR count). The summed E-state index contributed by atoms with van der Waals surface area (Å²) >= 11 is 3.30. The highest BCUT2D eigenvalue weighted by Crippen LogP contribution is 2.36. The second kappa shape index (κ2) is 12.9. The van der Waals surface area contributed by atoms with E-state index in [2.05, 4.69) is 66.0 Å². The molecule has 2 amide bonds. The number of aromatic nitrogens is 5. The topological polar surface area (TPSA) is 109 Å². The Morgan fingerprint density at radius 1 is 0.935 bits per heavy atom. The van der Waals surface area contributed by atoms with E-state index >= 15 is 0 Å². The van der Waals surface area contributed by atoms with Gasteiger partial charge in [-0.1, -0.05) is 54.2 Å². The van der Waals surface area contributed by atoms with Crippen LogP contribution in [0.4, 0.5) is 10.6 Å². The Morgan fingerprint density at radius 2 is 1.72 bits per heavy atom. The number of pyridine rings is 1. The van der Waals surface area contributed by atoms with Crippen LogP contribution in [0.5, 0.6) is 5.75 Å². The number of nitrogens with one attached hydrogen (secondary N) is 2. The summed E-state index contributed by atoms with van der Waals surface area (Å²) in [7, 11) is 0. The Morgan fingerprint density at radius 3 is 2.50 bits per heavy atom. The van der Waals surface area contributed by atoms with Crippen LogP contribution in [0.25, 0.3) is 22.7 Å². The number of thioether (sulfide) groups is 1. The number of rotatable bonds is 9. The van der Waals surface area contributed by atoms with Gasteiger partial charge in [0.25, 0.3) is 0 Å². The van der Waals surface area contributed by atoms with Gasteiger partial charge < -0.3 is 10.4 Å². The summed E-state index contributed by atoms with van der Waals surface area (Å²) in [5.74, 6) is 1.54. The lowest BCUT2D eigenvalue weighted by Crippen LogP contribution is -2.29. The van der Waals surface area contributed by atoms with E-state index in [1.165, 1.54) is 0 Å². The van der Waals surface area contributed by atoms with Gasteiger partial charge in [0.1, 0.15) is 11.6 Å². The summed E-state index contributed by atoms with van der Waals surface area (Å²) in [5, 5.41) is 29.7. The highest BCUT2D eigenvalue weighted by Gasteiger charge is 2.25. The minimum Gasteiger partial charge on any atom is -0.508 e. The van der Waals surface area contributed by atoms with Crippen molar-refractivity contribution in [2.75, 3.05) is 11.6 Å².